The van der Waals surface area contributed by atoms with Gasteiger partial charge in [0.05, 0.1) is 10.0 Å². The molecule has 0 radical (unpaired) electrons. The Morgan fingerprint density at radius 3 is 2.33 bits per heavy atom. The van der Waals surface area contributed by atoms with Gasteiger partial charge in [-0.1, -0.05) is 46.6 Å². The first-order valence-corrected chi connectivity index (χ1v) is 12.0. The average Bonchev–Trinajstić information content (AvgIpc) is 3.67. The third kappa shape index (κ3) is 3.73. The third-order valence-corrected chi connectivity index (χ3v) is 7.80. The maximum absolute atomic E-state index is 11.3. The second-order valence-corrected chi connectivity index (χ2v) is 10.1. The van der Waals surface area contributed by atoms with E-state index in [1.54, 1.807) is 12.1 Å². The number of benzene rings is 2. The summed E-state index contributed by atoms with van der Waals surface area (Å²) in [7, 11) is 0. The van der Waals surface area contributed by atoms with E-state index in [1.807, 2.05) is 30.3 Å². The molecule has 1 aliphatic heterocycles. The molecule has 3 aliphatic rings. The first kappa shape index (κ1) is 20.8. The predicted octanol–water partition coefficient (Wildman–Crippen LogP) is 6.02. The molecule has 1 amide bonds. The van der Waals surface area contributed by atoms with Gasteiger partial charge in [-0.3, -0.25) is 4.79 Å². The van der Waals surface area contributed by atoms with Crippen molar-refractivity contribution in [3.05, 3.63) is 75.5 Å². The van der Waals surface area contributed by atoms with E-state index in [9.17, 15) is 4.79 Å². The topological polar surface area (TPSA) is 72.4 Å². The van der Waals surface area contributed by atoms with Crippen LogP contribution in [0.1, 0.15) is 40.4 Å². The molecule has 2 unspecified atom stereocenters. The zero-order valence-corrected chi connectivity index (χ0v) is 19.4. The van der Waals surface area contributed by atoms with Gasteiger partial charge < -0.3 is 15.2 Å². The van der Waals surface area contributed by atoms with Crippen LogP contribution >= 0.6 is 23.2 Å². The molecule has 33 heavy (non-hydrogen) atoms. The zero-order chi connectivity index (χ0) is 22.7. The highest BCUT2D eigenvalue weighted by Crippen LogP contribution is 2.54. The summed E-state index contributed by atoms with van der Waals surface area (Å²) in [6, 6.07) is 13.1. The highest BCUT2D eigenvalue weighted by Gasteiger charge is 2.54. The molecule has 0 bridgehead atoms. The molecule has 2 atom stereocenters. The maximum Gasteiger partial charge on any atom is 0.248 e. The standard InChI is InChI=1S/C26H23Cl2N3O2/c27-21-2-1-3-22(28)23(21)24-18(25(33-30-24)14-4-5-14)11-10-17-19-12-31(13-20(17)19)16-8-6-15(7-9-16)26(29)32/h1-3,6-11,14,17,19-20H,4-5,12-13H2,(H2,29,32)/b11-10+. The lowest BCUT2D eigenvalue weighted by Crippen LogP contribution is -2.23. The molecule has 7 heteroatoms. The molecule has 1 aromatic heterocycles. The van der Waals surface area contributed by atoms with Crippen LogP contribution in [0.5, 0.6) is 0 Å². The summed E-state index contributed by atoms with van der Waals surface area (Å²) in [4.78, 5) is 13.7. The van der Waals surface area contributed by atoms with Gasteiger partial charge in [-0.05, 0) is 67.0 Å². The van der Waals surface area contributed by atoms with Crippen LogP contribution in [-0.4, -0.2) is 24.2 Å². The van der Waals surface area contributed by atoms with Crippen molar-refractivity contribution in [2.24, 2.45) is 23.5 Å². The lowest BCUT2D eigenvalue weighted by Gasteiger charge is -2.21. The number of anilines is 1. The van der Waals surface area contributed by atoms with E-state index in [0.29, 0.717) is 39.3 Å². The quantitative estimate of drug-likeness (QED) is 0.468. The third-order valence-electron chi connectivity index (χ3n) is 7.17. The summed E-state index contributed by atoms with van der Waals surface area (Å²) < 4.78 is 5.77. The molecule has 168 valence electrons. The summed E-state index contributed by atoms with van der Waals surface area (Å²) in [5, 5.41) is 5.53. The maximum atomic E-state index is 11.3. The number of aromatic nitrogens is 1. The van der Waals surface area contributed by atoms with Gasteiger partial charge in [0.25, 0.3) is 0 Å². The monoisotopic (exact) mass is 479 g/mol. The Hall–Kier alpha value is -2.76. The molecule has 5 nitrogen and oxygen atoms in total. The Labute approximate surface area is 202 Å². The van der Waals surface area contributed by atoms with E-state index in [0.717, 1.165) is 54.2 Å². The van der Waals surface area contributed by atoms with Crippen molar-refractivity contribution in [3.8, 4) is 11.3 Å². The average molecular weight is 480 g/mol. The molecular formula is C26H23Cl2N3O2. The number of carbonyl (C=O) groups is 1. The Bertz CT molecular complexity index is 1230. The summed E-state index contributed by atoms with van der Waals surface area (Å²) in [6.45, 7) is 2.02. The van der Waals surface area contributed by atoms with Crippen molar-refractivity contribution in [2.75, 3.05) is 18.0 Å². The summed E-state index contributed by atoms with van der Waals surface area (Å²) in [5.74, 6) is 2.79. The number of nitrogens with two attached hydrogens (primary N) is 1. The second-order valence-electron chi connectivity index (χ2n) is 9.26. The zero-order valence-electron chi connectivity index (χ0n) is 17.9. The number of hydrogen-bond donors (Lipinski definition) is 1. The van der Waals surface area contributed by atoms with Crippen LogP contribution in [0.15, 0.2) is 53.1 Å². The van der Waals surface area contributed by atoms with Crippen molar-refractivity contribution in [2.45, 2.75) is 18.8 Å². The van der Waals surface area contributed by atoms with Crippen LogP contribution in [0.3, 0.4) is 0 Å². The fraction of sp³-hybridized carbons (Fsp3) is 0.308. The molecule has 2 aliphatic carbocycles. The number of nitrogens with zero attached hydrogens (tertiary/aromatic N) is 2. The minimum Gasteiger partial charge on any atom is -0.371 e. The van der Waals surface area contributed by atoms with Crippen LogP contribution in [-0.2, 0) is 0 Å². The Kier molecular flexibility index (Phi) is 5.00. The number of piperidine rings is 1. The van der Waals surface area contributed by atoms with Crippen molar-refractivity contribution >= 4 is 40.9 Å². The van der Waals surface area contributed by atoms with Gasteiger partial charge in [0.2, 0.25) is 5.91 Å². The van der Waals surface area contributed by atoms with Crippen molar-refractivity contribution < 1.29 is 9.32 Å². The minimum absolute atomic E-state index is 0.396. The minimum atomic E-state index is -0.396. The highest BCUT2D eigenvalue weighted by atomic mass is 35.5. The normalized spacial score (nSPS) is 23.8. The van der Waals surface area contributed by atoms with Gasteiger partial charge in [0, 0.05) is 41.4 Å². The Morgan fingerprint density at radius 1 is 1.06 bits per heavy atom. The van der Waals surface area contributed by atoms with Gasteiger partial charge in [-0.15, -0.1) is 0 Å². The van der Waals surface area contributed by atoms with E-state index >= 15 is 0 Å². The Balaban J connectivity index is 1.20. The predicted molar refractivity (Wildman–Crippen MR) is 131 cm³/mol. The summed E-state index contributed by atoms with van der Waals surface area (Å²) in [5.41, 5.74) is 9.50. The van der Waals surface area contributed by atoms with E-state index < -0.39 is 5.91 Å². The SMILES string of the molecule is NC(=O)c1ccc(N2CC3C(/C=C/c4c(-c5c(Cl)cccc5Cl)noc4C4CC4)C3C2)cc1. The number of primary amides is 1. The molecule has 6 rings (SSSR count). The molecule has 3 fully saturated rings. The smallest absolute Gasteiger partial charge is 0.248 e. The van der Waals surface area contributed by atoms with Crippen molar-refractivity contribution in [3.63, 3.8) is 0 Å². The van der Waals surface area contributed by atoms with E-state index in [-0.39, 0.29) is 0 Å². The Morgan fingerprint density at radius 2 is 1.73 bits per heavy atom. The van der Waals surface area contributed by atoms with Gasteiger partial charge in [-0.25, -0.2) is 0 Å². The molecule has 2 heterocycles. The number of rotatable bonds is 6. The number of fused-ring (bicyclic) bond motifs is 1. The van der Waals surface area contributed by atoms with Crippen molar-refractivity contribution in [1.82, 2.24) is 5.16 Å². The first-order valence-electron chi connectivity index (χ1n) is 11.3. The van der Waals surface area contributed by atoms with Crippen molar-refractivity contribution in [1.29, 1.82) is 0 Å². The molecule has 2 N–H and O–H groups in total. The first-order chi connectivity index (χ1) is 16.0. The van der Waals surface area contributed by atoms with Crippen LogP contribution in [0.2, 0.25) is 10.0 Å². The number of allylic oxidation sites excluding steroid dienone is 1. The second kappa shape index (κ2) is 7.93. The molecule has 2 aromatic carbocycles. The fourth-order valence-electron chi connectivity index (χ4n) is 5.13. The highest BCUT2D eigenvalue weighted by molar-refractivity contribution is 6.39. The van der Waals surface area contributed by atoms with Crippen LogP contribution in [0.25, 0.3) is 17.3 Å². The fourth-order valence-corrected chi connectivity index (χ4v) is 5.70. The van der Waals surface area contributed by atoms with Gasteiger partial charge in [0.1, 0.15) is 11.5 Å². The lowest BCUT2D eigenvalue weighted by molar-refractivity contribution is 0.100. The van der Waals surface area contributed by atoms with Gasteiger partial charge in [0.15, 0.2) is 0 Å². The molecule has 2 saturated carbocycles. The summed E-state index contributed by atoms with van der Waals surface area (Å²) in [6.07, 6.45) is 6.75. The number of amides is 1. The van der Waals surface area contributed by atoms with Gasteiger partial charge >= 0.3 is 0 Å². The molecule has 1 saturated heterocycles. The van der Waals surface area contributed by atoms with E-state index in [4.69, 9.17) is 33.5 Å². The van der Waals surface area contributed by atoms with Crippen LogP contribution in [0.4, 0.5) is 5.69 Å². The lowest BCUT2D eigenvalue weighted by atomic mass is 10.0. The molecule has 0 spiro atoms. The number of halogens is 2. The largest absolute Gasteiger partial charge is 0.371 e. The number of hydrogen-bond acceptors (Lipinski definition) is 4. The van der Waals surface area contributed by atoms with Gasteiger partial charge in [-0.2, -0.15) is 0 Å². The molecular weight excluding hydrogens is 457 g/mol. The van der Waals surface area contributed by atoms with E-state index in [2.05, 4.69) is 22.2 Å². The number of carbonyl (C=O) groups excluding carboxylic acids is 1. The summed E-state index contributed by atoms with van der Waals surface area (Å²) >= 11 is 12.9. The molecule has 3 aromatic rings. The van der Waals surface area contributed by atoms with Crippen LogP contribution < -0.4 is 10.6 Å². The van der Waals surface area contributed by atoms with Crippen LogP contribution in [0, 0.1) is 17.8 Å². The van der Waals surface area contributed by atoms with E-state index in [1.165, 1.54) is 0 Å².